The molecule has 0 saturated carbocycles. The molecule has 1 aromatic heterocycles. The van der Waals surface area contributed by atoms with Gasteiger partial charge in [-0.25, -0.2) is 9.97 Å². The molecule has 1 rings (SSSR count). The molecule has 0 spiro atoms. The zero-order chi connectivity index (χ0) is 9.14. The van der Waals surface area contributed by atoms with E-state index < -0.39 is 0 Å². The average Bonchev–Trinajstić information content (AvgIpc) is 2.01. The molecule has 0 aliphatic heterocycles. The number of rotatable bonds is 2. The molecule has 1 aromatic rings. The highest BCUT2D eigenvalue weighted by Crippen LogP contribution is 2.14. The van der Waals surface area contributed by atoms with Crippen molar-refractivity contribution in [1.29, 1.82) is 0 Å². The normalized spacial score (nSPS) is 10.3. The summed E-state index contributed by atoms with van der Waals surface area (Å²) in [6.45, 7) is 4.21. The van der Waals surface area contributed by atoms with E-state index in [0.29, 0.717) is 17.6 Å². The molecular weight excluding hydrogens is 176 g/mol. The van der Waals surface area contributed by atoms with Crippen molar-refractivity contribution < 1.29 is 4.74 Å². The van der Waals surface area contributed by atoms with Crippen LogP contribution in [0, 0.1) is 13.8 Å². The molecule has 4 heteroatoms. The van der Waals surface area contributed by atoms with E-state index in [1.807, 2.05) is 13.8 Å². The predicted octanol–water partition coefficient (Wildman–Crippen LogP) is 1.89. The number of halogens is 1. The Morgan fingerprint density at radius 2 is 2.00 bits per heavy atom. The van der Waals surface area contributed by atoms with Gasteiger partial charge < -0.3 is 4.74 Å². The van der Waals surface area contributed by atoms with E-state index in [-0.39, 0.29) is 0 Å². The van der Waals surface area contributed by atoms with Crippen LogP contribution in [0.5, 0.6) is 0 Å². The molecule has 0 aromatic carbocycles. The van der Waals surface area contributed by atoms with Gasteiger partial charge in [0.1, 0.15) is 11.8 Å². The van der Waals surface area contributed by atoms with Crippen LogP contribution in [0.15, 0.2) is 0 Å². The first kappa shape index (κ1) is 9.42. The largest absolute Gasteiger partial charge is 0.377 e. The molecule has 0 aliphatic carbocycles. The van der Waals surface area contributed by atoms with Crippen molar-refractivity contribution >= 4 is 11.6 Å². The number of ether oxygens (including phenoxy) is 1. The quantitative estimate of drug-likeness (QED) is 0.662. The zero-order valence-electron chi connectivity index (χ0n) is 7.39. The fourth-order valence-electron chi connectivity index (χ4n) is 0.843. The summed E-state index contributed by atoms with van der Waals surface area (Å²) in [6, 6.07) is 0. The van der Waals surface area contributed by atoms with Crippen LogP contribution in [0.2, 0.25) is 5.15 Å². The lowest BCUT2D eigenvalue weighted by Gasteiger charge is -2.04. The van der Waals surface area contributed by atoms with Gasteiger partial charge in [-0.15, -0.1) is 0 Å². The van der Waals surface area contributed by atoms with E-state index in [2.05, 4.69) is 9.97 Å². The minimum absolute atomic E-state index is 0.404. The lowest BCUT2D eigenvalue weighted by atomic mass is 10.3. The van der Waals surface area contributed by atoms with Crippen molar-refractivity contribution in [1.82, 2.24) is 9.97 Å². The molecule has 0 amide bonds. The van der Waals surface area contributed by atoms with Crippen LogP contribution in [-0.4, -0.2) is 17.1 Å². The SMILES string of the molecule is COCc1nc(C)c(C)c(Cl)n1. The minimum Gasteiger partial charge on any atom is -0.377 e. The van der Waals surface area contributed by atoms with E-state index in [1.54, 1.807) is 7.11 Å². The number of hydrogen-bond acceptors (Lipinski definition) is 3. The molecule has 0 aliphatic rings. The maximum atomic E-state index is 5.85. The Morgan fingerprint density at radius 3 is 2.50 bits per heavy atom. The van der Waals surface area contributed by atoms with E-state index in [1.165, 1.54) is 0 Å². The Bertz CT molecular complexity index is 265. The van der Waals surface area contributed by atoms with E-state index in [9.17, 15) is 0 Å². The third-order valence-corrected chi connectivity index (χ3v) is 2.02. The smallest absolute Gasteiger partial charge is 0.155 e. The molecule has 0 atom stereocenters. The highest BCUT2D eigenvalue weighted by Gasteiger charge is 2.04. The first-order chi connectivity index (χ1) is 5.65. The van der Waals surface area contributed by atoms with Crippen molar-refractivity contribution in [2.24, 2.45) is 0 Å². The third-order valence-electron chi connectivity index (χ3n) is 1.65. The summed E-state index contributed by atoms with van der Waals surface area (Å²) in [5, 5.41) is 0.509. The molecule has 0 unspecified atom stereocenters. The van der Waals surface area contributed by atoms with Gasteiger partial charge in [-0.3, -0.25) is 0 Å². The topological polar surface area (TPSA) is 35.0 Å². The third kappa shape index (κ3) is 1.93. The number of methoxy groups -OCH3 is 1. The molecule has 66 valence electrons. The second-order valence-electron chi connectivity index (χ2n) is 2.57. The van der Waals surface area contributed by atoms with Gasteiger partial charge in [-0.05, 0) is 13.8 Å². The molecular formula is C8H11ClN2O. The standard InChI is InChI=1S/C8H11ClN2O/c1-5-6(2)10-7(4-12-3)11-8(5)9/h4H2,1-3H3. The van der Waals surface area contributed by atoms with Gasteiger partial charge in [0.2, 0.25) is 0 Å². The predicted molar refractivity (Wildman–Crippen MR) is 47.2 cm³/mol. The van der Waals surface area contributed by atoms with Crippen LogP contribution < -0.4 is 0 Å². The maximum absolute atomic E-state index is 5.85. The van der Waals surface area contributed by atoms with Crippen molar-refractivity contribution in [3.8, 4) is 0 Å². The molecule has 0 radical (unpaired) electrons. The zero-order valence-corrected chi connectivity index (χ0v) is 8.14. The fraction of sp³-hybridized carbons (Fsp3) is 0.500. The highest BCUT2D eigenvalue weighted by molar-refractivity contribution is 6.30. The molecule has 1 heterocycles. The Hall–Kier alpha value is -0.670. The number of aromatic nitrogens is 2. The monoisotopic (exact) mass is 186 g/mol. The van der Waals surface area contributed by atoms with E-state index in [4.69, 9.17) is 16.3 Å². The summed E-state index contributed by atoms with van der Waals surface area (Å²) in [4.78, 5) is 8.26. The molecule has 0 saturated heterocycles. The van der Waals surface area contributed by atoms with Crippen LogP contribution in [0.3, 0.4) is 0 Å². The Morgan fingerprint density at radius 1 is 1.33 bits per heavy atom. The first-order valence-corrected chi connectivity index (χ1v) is 4.01. The summed E-state index contributed by atoms with van der Waals surface area (Å²) in [5.41, 5.74) is 1.83. The molecule has 12 heavy (non-hydrogen) atoms. The van der Waals surface area contributed by atoms with Crippen LogP contribution in [-0.2, 0) is 11.3 Å². The van der Waals surface area contributed by atoms with Gasteiger partial charge in [0.15, 0.2) is 5.82 Å². The Balaban J connectivity index is 3.04. The maximum Gasteiger partial charge on any atom is 0.155 e. The molecule has 0 N–H and O–H groups in total. The van der Waals surface area contributed by atoms with E-state index >= 15 is 0 Å². The van der Waals surface area contributed by atoms with Gasteiger partial charge in [-0.1, -0.05) is 11.6 Å². The van der Waals surface area contributed by atoms with Crippen molar-refractivity contribution in [3.05, 3.63) is 22.2 Å². The Labute approximate surface area is 76.7 Å². The summed E-state index contributed by atoms with van der Waals surface area (Å²) in [6.07, 6.45) is 0. The molecule has 0 fully saturated rings. The lowest BCUT2D eigenvalue weighted by Crippen LogP contribution is -2.01. The molecule has 3 nitrogen and oxygen atoms in total. The first-order valence-electron chi connectivity index (χ1n) is 3.63. The van der Waals surface area contributed by atoms with E-state index in [0.717, 1.165) is 11.3 Å². The number of nitrogens with zero attached hydrogens (tertiary/aromatic N) is 2. The van der Waals surface area contributed by atoms with Gasteiger partial charge in [-0.2, -0.15) is 0 Å². The fourth-order valence-corrected chi connectivity index (χ4v) is 1.08. The van der Waals surface area contributed by atoms with Crippen LogP contribution in [0.25, 0.3) is 0 Å². The number of aryl methyl sites for hydroxylation is 1. The van der Waals surface area contributed by atoms with Gasteiger partial charge >= 0.3 is 0 Å². The summed E-state index contributed by atoms with van der Waals surface area (Å²) in [7, 11) is 1.60. The molecule has 0 bridgehead atoms. The van der Waals surface area contributed by atoms with Crippen molar-refractivity contribution in [2.75, 3.05) is 7.11 Å². The van der Waals surface area contributed by atoms with Crippen LogP contribution in [0.1, 0.15) is 17.1 Å². The van der Waals surface area contributed by atoms with Crippen molar-refractivity contribution in [3.63, 3.8) is 0 Å². The van der Waals surface area contributed by atoms with Crippen LogP contribution >= 0.6 is 11.6 Å². The lowest BCUT2D eigenvalue weighted by molar-refractivity contribution is 0.177. The number of hydrogen-bond donors (Lipinski definition) is 0. The minimum atomic E-state index is 0.404. The van der Waals surface area contributed by atoms with Crippen molar-refractivity contribution in [2.45, 2.75) is 20.5 Å². The van der Waals surface area contributed by atoms with Gasteiger partial charge in [0, 0.05) is 18.4 Å². The summed E-state index contributed by atoms with van der Waals surface area (Å²) >= 11 is 5.85. The van der Waals surface area contributed by atoms with Gasteiger partial charge in [0.25, 0.3) is 0 Å². The van der Waals surface area contributed by atoms with Crippen LogP contribution in [0.4, 0.5) is 0 Å². The van der Waals surface area contributed by atoms with Gasteiger partial charge in [0.05, 0.1) is 0 Å². The second-order valence-corrected chi connectivity index (χ2v) is 2.93. The summed E-state index contributed by atoms with van der Waals surface area (Å²) in [5.74, 6) is 0.630. The Kier molecular flexibility index (Phi) is 3.00. The highest BCUT2D eigenvalue weighted by atomic mass is 35.5. The summed E-state index contributed by atoms with van der Waals surface area (Å²) < 4.78 is 4.89. The second kappa shape index (κ2) is 3.83. The average molecular weight is 187 g/mol.